The van der Waals surface area contributed by atoms with E-state index in [1.54, 1.807) is 0 Å². The number of hydrogen-bond acceptors (Lipinski definition) is 3. The average Bonchev–Trinajstić information content (AvgIpc) is 2.28. The number of carbonyl (C=O) groups excluding carboxylic acids is 1. The Morgan fingerprint density at radius 3 is 2.39 bits per heavy atom. The van der Waals surface area contributed by atoms with Crippen LogP contribution < -0.4 is 5.32 Å². The zero-order chi connectivity index (χ0) is 13.7. The maximum absolute atomic E-state index is 12.8. The van der Waals surface area contributed by atoms with Crippen molar-refractivity contribution in [3.63, 3.8) is 0 Å². The van der Waals surface area contributed by atoms with E-state index >= 15 is 0 Å². The fourth-order valence-electron chi connectivity index (χ4n) is 1.24. The third-order valence-corrected chi connectivity index (χ3v) is 2.05. The summed E-state index contributed by atoms with van der Waals surface area (Å²) in [5.41, 5.74) is -0.460. The van der Waals surface area contributed by atoms with Gasteiger partial charge in [-0.3, -0.25) is 9.59 Å². The summed E-state index contributed by atoms with van der Waals surface area (Å²) in [6, 6.07) is 2.88. The van der Waals surface area contributed by atoms with Crippen LogP contribution in [0.4, 0.5) is 10.1 Å². The molecule has 0 radical (unpaired) electrons. The molecule has 6 nitrogen and oxygen atoms in total. The topological polar surface area (TPSA) is 104 Å². The van der Waals surface area contributed by atoms with Crippen molar-refractivity contribution in [3.8, 4) is 0 Å². The third kappa shape index (κ3) is 3.85. The van der Waals surface area contributed by atoms with E-state index in [0.717, 1.165) is 18.2 Å². The molecule has 0 aromatic heterocycles. The van der Waals surface area contributed by atoms with E-state index in [2.05, 4.69) is 5.32 Å². The number of halogens is 1. The molecule has 0 saturated heterocycles. The minimum Gasteiger partial charge on any atom is -0.481 e. The molecular formula is C11H10FNO5. The van der Waals surface area contributed by atoms with Gasteiger partial charge in [-0.15, -0.1) is 0 Å². The van der Waals surface area contributed by atoms with E-state index < -0.39 is 29.2 Å². The number of aliphatic carboxylic acids is 1. The molecular weight excluding hydrogens is 245 g/mol. The highest BCUT2D eigenvalue weighted by Crippen LogP contribution is 2.17. The predicted molar refractivity (Wildman–Crippen MR) is 58.9 cm³/mol. The Kier molecular flexibility index (Phi) is 4.36. The number of carboxylic acids is 2. The standard InChI is InChI=1S/C11H10FNO5/c12-6-1-2-8(7(5-6)11(17)18)13-9(14)3-4-10(15)16/h1-2,5H,3-4H2,(H,13,14)(H,15,16)(H,17,18). The van der Waals surface area contributed by atoms with Crippen molar-refractivity contribution < 1.29 is 29.0 Å². The van der Waals surface area contributed by atoms with Crippen LogP contribution in [0.1, 0.15) is 23.2 Å². The molecule has 18 heavy (non-hydrogen) atoms. The number of nitrogens with one attached hydrogen (secondary N) is 1. The van der Waals surface area contributed by atoms with Crippen LogP contribution in [-0.2, 0) is 9.59 Å². The highest BCUT2D eigenvalue weighted by atomic mass is 19.1. The van der Waals surface area contributed by atoms with Crippen LogP contribution in [-0.4, -0.2) is 28.1 Å². The van der Waals surface area contributed by atoms with Gasteiger partial charge in [0.1, 0.15) is 5.82 Å². The van der Waals surface area contributed by atoms with E-state index in [0.29, 0.717) is 0 Å². The highest BCUT2D eigenvalue weighted by Gasteiger charge is 2.14. The predicted octanol–water partition coefficient (Wildman–Crippen LogP) is 1.33. The molecule has 0 atom stereocenters. The molecule has 0 aliphatic rings. The third-order valence-electron chi connectivity index (χ3n) is 2.05. The van der Waals surface area contributed by atoms with Crippen molar-refractivity contribution in [3.05, 3.63) is 29.6 Å². The molecule has 7 heteroatoms. The number of hydrogen-bond donors (Lipinski definition) is 3. The molecule has 0 bridgehead atoms. The smallest absolute Gasteiger partial charge is 0.337 e. The van der Waals surface area contributed by atoms with Gasteiger partial charge < -0.3 is 15.5 Å². The molecule has 96 valence electrons. The lowest BCUT2D eigenvalue weighted by Crippen LogP contribution is -2.15. The molecule has 1 amide bonds. The van der Waals surface area contributed by atoms with Gasteiger partial charge in [-0.25, -0.2) is 9.18 Å². The number of rotatable bonds is 5. The molecule has 0 aliphatic carbocycles. The van der Waals surface area contributed by atoms with Crippen molar-refractivity contribution in [2.45, 2.75) is 12.8 Å². The van der Waals surface area contributed by atoms with Crippen LogP contribution in [0, 0.1) is 5.82 Å². The average molecular weight is 255 g/mol. The second kappa shape index (κ2) is 5.76. The quantitative estimate of drug-likeness (QED) is 0.736. The first kappa shape index (κ1) is 13.6. The minimum absolute atomic E-state index is 0.0701. The Morgan fingerprint density at radius 2 is 1.83 bits per heavy atom. The Morgan fingerprint density at radius 1 is 1.17 bits per heavy atom. The zero-order valence-corrected chi connectivity index (χ0v) is 9.14. The maximum Gasteiger partial charge on any atom is 0.337 e. The first-order valence-corrected chi connectivity index (χ1v) is 4.94. The van der Waals surface area contributed by atoms with Crippen LogP contribution in [0.2, 0.25) is 0 Å². The highest BCUT2D eigenvalue weighted by molar-refractivity contribution is 6.00. The molecule has 1 aromatic rings. The molecule has 0 heterocycles. The summed E-state index contributed by atoms with van der Waals surface area (Å²) in [5.74, 6) is -3.91. The van der Waals surface area contributed by atoms with Crippen molar-refractivity contribution in [2.75, 3.05) is 5.32 Å². The Bertz CT molecular complexity index is 500. The molecule has 3 N–H and O–H groups in total. The fraction of sp³-hybridized carbons (Fsp3) is 0.182. The second-order valence-corrected chi connectivity index (χ2v) is 3.44. The van der Waals surface area contributed by atoms with E-state index in [9.17, 15) is 18.8 Å². The number of aromatic carboxylic acids is 1. The number of carbonyl (C=O) groups is 3. The van der Waals surface area contributed by atoms with Crippen molar-refractivity contribution in [1.82, 2.24) is 0 Å². The van der Waals surface area contributed by atoms with Gasteiger partial charge in [-0.05, 0) is 18.2 Å². The molecule has 0 unspecified atom stereocenters. The summed E-state index contributed by atoms with van der Waals surface area (Å²) in [4.78, 5) is 32.4. The maximum atomic E-state index is 12.8. The summed E-state index contributed by atoms with van der Waals surface area (Å²) in [5, 5.41) is 19.4. The first-order chi connectivity index (χ1) is 8.40. The van der Waals surface area contributed by atoms with Crippen molar-refractivity contribution in [1.29, 1.82) is 0 Å². The van der Waals surface area contributed by atoms with E-state index in [1.807, 2.05) is 0 Å². The summed E-state index contributed by atoms with van der Waals surface area (Å²) < 4.78 is 12.8. The van der Waals surface area contributed by atoms with Crippen LogP contribution in [0.5, 0.6) is 0 Å². The summed E-state index contributed by atoms with van der Waals surface area (Å²) in [6.45, 7) is 0. The molecule has 1 aromatic carbocycles. The summed E-state index contributed by atoms with van der Waals surface area (Å²) >= 11 is 0. The van der Waals surface area contributed by atoms with E-state index in [1.165, 1.54) is 0 Å². The lowest BCUT2D eigenvalue weighted by Gasteiger charge is -2.07. The normalized spacial score (nSPS) is 9.83. The zero-order valence-electron chi connectivity index (χ0n) is 9.14. The monoisotopic (exact) mass is 255 g/mol. The second-order valence-electron chi connectivity index (χ2n) is 3.44. The molecule has 0 spiro atoms. The largest absolute Gasteiger partial charge is 0.481 e. The van der Waals surface area contributed by atoms with Gasteiger partial charge in [0.05, 0.1) is 17.7 Å². The molecule has 0 fully saturated rings. The van der Waals surface area contributed by atoms with Gasteiger partial charge in [0.15, 0.2) is 0 Å². The number of carboxylic acid groups (broad SMARTS) is 2. The van der Waals surface area contributed by atoms with Gasteiger partial charge in [-0.2, -0.15) is 0 Å². The number of benzene rings is 1. The van der Waals surface area contributed by atoms with Gasteiger partial charge in [-0.1, -0.05) is 0 Å². The lowest BCUT2D eigenvalue weighted by molar-refractivity contribution is -0.138. The number of anilines is 1. The van der Waals surface area contributed by atoms with Crippen LogP contribution >= 0.6 is 0 Å². The Labute approximate surface area is 101 Å². The fourth-order valence-corrected chi connectivity index (χ4v) is 1.24. The Hall–Kier alpha value is -2.44. The van der Waals surface area contributed by atoms with Crippen LogP contribution in [0.15, 0.2) is 18.2 Å². The number of amides is 1. The van der Waals surface area contributed by atoms with Crippen LogP contribution in [0.3, 0.4) is 0 Å². The first-order valence-electron chi connectivity index (χ1n) is 4.94. The molecule has 0 saturated carbocycles. The van der Waals surface area contributed by atoms with Crippen molar-refractivity contribution >= 4 is 23.5 Å². The van der Waals surface area contributed by atoms with E-state index in [4.69, 9.17) is 10.2 Å². The van der Waals surface area contributed by atoms with Gasteiger partial charge >= 0.3 is 11.9 Å². The molecule has 1 rings (SSSR count). The van der Waals surface area contributed by atoms with Gasteiger partial charge in [0.25, 0.3) is 0 Å². The summed E-state index contributed by atoms with van der Waals surface area (Å²) in [7, 11) is 0. The SMILES string of the molecule is O=C(O)CCC(=O)Nc1ccc(F)cc1C(=O)O. The van der Waals surface area contributed by atoms with Gasteiger partial charge in [0, 0.05) is 6.42 Å². The minimum atomic E-state index is -1.39. The molecule has 0 aliphatic heterocycles. The Balaban J connectivity index is 2.81. The van der Waals surface area contributed by atoms with Gasteiger partial charge in [0.2, 0.25) is 5.91 Å². The summed E-state index contributed by atoms with van der Waals surface area (Å²) in [6.07, 6.45) is -0.652. The van der Waals surface area contributed by atoms with Crippen LogP contribution in [0.25, 0.3) is 0 Å². The van der Waals surface area contributed by atoms with Crippen molar-refractivity contribution in [2.24, 2.45) is 0 Å². The van der Waals surface area contributed by atoms with E-state index in [-0.39, 0.29) is 18.5 Å². The lowest BCUT2D eigenvalue weighted by atomic mass is 10.1.